The number of carbonyl (C=O) groups excluding carboxylic acids is 1. The number of hydrogen-bond acceptors (Lipinski definition) is 8. The molecule has 5 atom stereocenters. The van der Waals surface area contributed by atoms with Gasteiger partial charge in [-0.3, -0.25) is 4.18 Å². The van der Waals surface area contributed by atoms with Crippen LogP contribution in [0.25, 0.3) is 10.4 Å². The maximum atomic E-state index is 12.9. The standard InChI is InChI=1S/C17H18F3N3O7S/c1-3-9-27-16-14(30-31(25,26)17(18,19)20)13(12(22-23-21)10(2)28-16)29-15(24)11-7-5-4-6-8-11/h3-8,10,12-14,16H,1,9H2,2H3/t10-,12-,13+,14-,16+/m0/s1. The van der Waals surface area contributed by atoms with E-state index in [4.69, 9.17) is 19.7 Å². The molecule has 1 heterocycles. The molecule has 1 aliphatic rings. The van der Waals surface area contributed by atoms with Crippen molar-refractivity contribution < 1.29 is 44.8 Å². The van der Waals surface area contributed by atoms with Crippen molar-refractivity contribution in [3.8, 4) is 0 Å². The summed E-state index contributed by atoms with van der Waals surface area (Å²) < 4.78 is 82.3. The Balaban J connectivity index is 2.48. The van der Waals surface area contributed by atoms with Crippen LogP contribution in [0.3, 0.4) is 0 Å². The van der Waals surface area contributed by atoms with E-state index >= 15 is 0 Å². The predicted molar refractivity (Wildman–Crippen MR) is 98.9 cm³/mol. The Hall–Kier alpha value is -2.64. The van der Waals surface area contributed by atoms with Crippen LogP contribution in [0, 0.1) is 0 Å². The molecule has 0 aliphatic carbocycles. The van der Waals surface area contributed by atoms with Gasteiger partial charge in [-0.2, -0.15) is 21.6 Å². The number of ether oxygens (including phenoxy) is 3. The first-order valence-electron chi connectivity index (χ1n) is 8.69. The fourth-order valence-electron chi connectivity index (χ4n) is 2.71. The molecule has 0 radical (unpaired) electrons. The summed E-state index contributed by atoms with van der Waals surface area (Å²) in [6, 6.07) is 5.92. The van der Waals surface area contributed by atoms with Crippen molar-refractivity contribution in [2.45, 2.75) is 43.1 Å². The van der Waals surface area contributed by atoms with Gasteiger partial charge in [-0.25, -0.2) is 4.79 Å². The quantitative estimate of drug-likeness (QED) is 0.109. The van der Waals surface area contributed by atoms with E-state index in [-0.39, 0.29) is 12.2 Å². The second-order valence-electron chi connectivity index (χ2n) is 6.22. The van der Waals surface area contributed by atoms with Crippen LogP contribution >= 0.6 is 0 Å². The van der Waals surface area contributed by atoms with Gasteiger partial charge in [0.05, 0.1) is 18.3 Å². The van der Waals surface area contributed by atoms with Crippen LogP contribution in [0.5, 0.6) is 0 Å². The van der Waals surface area contributed by atoms with Crippen LogP contribution in [0.2, 0.25) is 0 Å². The van der Waals surface area contributed by atoms with E-state index in [1.165, 1.54) is 37.3 Å². The molecule has 0 spiro atoms. The first-order valence-corrected chi connectivity index (χ1v) is 10.1. The molecular formula is C17H18F3N3O7S. The van der Waals surface area contributed by atoms with Crippen molar-refractivity contribution in [3.05, 3.63) is 59.0 Å². The third-order valence-corrected chi connectivity index (χ3v) is 5.14. The minimum atomic E-state index is -6.16. The SMILES string of the molecule is C=CCO[C@@H]1O[C@@H](C)[C@H](N=[N+]=[N-])[C@@H](OC(=O)c2ccccc2)[C@@H]1OS(=O)(=O)C(F)(F)F. The highest BCUT2D eigenvalue weighted by molar-refractivity contribution is 7.87. The lowest BCUT2D eigenvalue weighted by Crippen LogP contribution is -2.60. The first kappa shape index (κ1) is 24.6. The zero-order chi connectivity index (χ0) is 23.2. The molecule has 31 heavy (non-hydrogen) atoms. The van der Waals surface area contributed by atoms with Gasteiger partial charge in [0.15, 0.2) is 12.4 Å². The molecule has 0 unspecified atom stereocenters. The minimum absolute atomic E-state index is 0.0160. The van der Waals surface area contributed by atoms with Gasteiger partial charge in [-0.15, -0.1) is 6.58 Å². The number of halogens is 3. The number of alkyl halides is 3. The summed E-state index contributed by atoms with van der Waals surface area (Å²) >= 11 is 0. The first-order chi connectivity index (χ1) is 14.5. The van der Waals surface area contributed by atoms with Crippen molar-refractivity contribution >= 4 is 16.1 Å². The van der Waals surface area contributed by atoms with Crippen LogP contribution in [0.15, 0.2) is 48.1 Å². The second-order valence-corrected chi connectivity index (χ2v) is 7.79. The van der Waals surface area contributed by atoms with Crippen LogP contribution in [-0.4, -0.2) is 57.1 Å². The maximum absolute atomic E-state index is 12.9. The Kier molecular flexibility index (Phi) is 8.03. The lowest BCUT2D eigenvalue weighted by molar-refractivity contribution is -0.259. The Bertz CT molecular complexity index is 936. The highest BCUT2D eigenvalue weighted by Crippen LogP contribution is 2.34. The van der Waals surface area contributed by atoms with Crippen LogP contribution in [0.4, 0.5) is 13.2 Å². The topological polar surface area (TPSA) is 137 Å². The molecule has 14 heteroatoms. The van der Waals surface area contributed by atoms with Gasteiger partial charge in [-0.05, 0) is 24.6 Å². The minimum Gasteiger partial charge on any atom is -0.455 e. The summed E-state index contributed by atoms with van der Waals surface area (Å²) in [5.74, 6) is -1.02. The Morgan fingerprint density at radius 1 is 1.32 bits per heavy atom. The predicted octanol–water partition coefficient (Wildman–Crippen LogP) is 3.07. The van der Waals surface area contributed by atoms with Gasteiger partial charge < -0.3 is 14.2 Å². The van der Waals surface area contributed by atoms with Crippen molar-refractivity contribution in [2.75, 3.05) is 6.61 Å². The molecule has 1 aromatic rings. The number of hydrogen-bond donors (Lipinski definition) is 0. The molecule has 0 saturated carbocycles. The van der Waals surface area contributed by atoms with E-state index in [1.54, 1.807) is 6.07 Å². The van der Waals surface area contributed by atoms with Crippen molar-refractivity contribution in [1.82, 2.24) is 0 Å². The van der Waals surface area contributed by atoms with Gasteiger partial charge in [-0.1, -0.05) is 29.4 Å². The number of nitrogens with zero attached hydrogens (tertiary/aromatic N) is 3. The summed E-state index contributed by atoms with van der Waals surface area (Å²) in [5, 5.41) is 3.40. The number of esters is 1. The molecule has 2 rings (SSSR count). The van der Waals surface area contributed by atoms with Crippen molar-refractivity contribution in [1.29, 1.82) is 0 Å². The van der Waals surface area contributed by atoms with Crippen LogP contribution in [-0.2, 0) is 28.5 Å². The fraction of sp³-hybridized carbons (Fsp3) is 0.471. The molecule has 1 aliphatic heterocycles. The Morgan fingerprint density at radius 3 is 2.52 bits per heavy atom. The average Bonchev–Trinajstić information content (AvgIpc) is 2.71. The average molecular weight is 465 g/mol. The summed E-state index contributed by atoms with van der Waals surface area (Å²) in [6.07, 6.45) is -5.45. The largest absolute Gasteiger partial charge is 0.523 e. The highest BCUT2D eigenvalue weighted by atomic mass is 32.2. The fourth-order valence-corrected chi connectivity index (χ4v) is 3.31. The summed E-state index contributed by atoms with van der Waals surface area (Å²) in [6.45, 7) is 4.50. The van der Waals surface area contributed by atoms with Gasteiger partial charge in [0, 0.05) is 4.91 Å². The molecule has 0 N–H and O–H groups in total. The van der Waals surface area contributed by atoms with Crippen LogP contribution < -0.4 is 0 Å². The van der Waals surface area contributed by atoms with Crippen molar-refractivity contribution in [2.24, 2.45) is 5.11 Å². The number of carbonyl (C=O) groups is 1. The van der Waals surface area contributed by atoms with Crippen molar-refractivity contribution in [3.63, 3.8) is 0 Å². The summed E-state index contributed by atoms with van der Waals surface area (Å²) in [7, 11) is -6.16. The third kappa shape index (κ3) is 5.95. The lowest BCUT2D eigenvalue weighted by Gasteiger charge is -2.42. The van der Waals surface area contributed by atoms with Gasteiger partial charge in [0.25, 0.3) is 0 Å². The Labute approximate surface area is 175 Å². The smallest absolute Gasteiger partial charge is 0.455 e. The molecular weight excluding hydrogens is 447 g/mol. The molecule has 0 amide bonds. The van der Waals surface area contributed by atoms with Gasteiger partial charge >= 0.3 is 21.6 Å². The second kappa shape index (κ2) is 10.1. The molecule has 1 saturated heterocycles. The van der Waals surface area contributed by atoms with E-state index < -0.39 is 52.2 Å². The van der Waals surface area contributed by atoms with Crippen LogP contribution in [0.1, 0.15) is 17.3 Å². The van der Waals surface area contributed by atoms with E-state index in [9.17, 15) is 26.4 Å². The zero-order valence-corrected chi connectivity index (χ0v) is 16.8. The monoisotopic (exact) mass is 465 g/mol. The normalized spacial score (nSPS) is 26.5. The molecule has 1 fully saturated rings. The van der Waals surface area contributed by atoms with E-state index in [0.717, 1.165) is 0 Å². The molecule has 170 valence electrons. The molecule has 1 aromatic carbocycles. The summed E-state index contributed by atoms with van der Waals surface area (Å²) in [5.41, 5.74) is 3.08. The number of benzene rings is 1. The zero-order valence-electron chi connectivity index (χ0n) is 16.0. The van der Waals surface area contributed by atoms with Gasteiger partial charge in [0.2, 0.25) is 0 Å². The van der Waals surface area contributed by atoms with E-state index in [1.807, 2.05) is 0 Å². The summed E-state index contributed by atoms with van der Waals surface area (Å²) in [4.78, 5) is 15.1. The number of azide groups is 1. The third-order valence-electron chi connectivity index (χ3n) is 4.10. The molecule has 0 aromatic heterocycles. The maximum Gasteiger partial charge on any atom is 0.523 e. The van der Waals surface area contributed by atoms with E-state index in [0.29, 0.717) is 0 Å². The molecule has 0 bridgehead atoms. The molecule has 10 nitrogen and oxygen atoms in total. The lowest BCUT2D eigenvalue weighted by atomic mass is 9.97. The number of rotatable bonds is 8. The van der Waals surface area contributed by atoms with Gasteiger partial charge in [0.1, 0.15) is 12.1 Å². The highest BCUT2D eigenvalue weighted by Gasteiger charge is 2.55. The Morgan fingerprint density at radius 2 is 1.97 bits per heavy atom. The van der Waals surface area contributed by atoms with E-state index in [2.05, 4.69) is 20.8 Å².